The van der Waals surface area contributed by atoms with E-state index < -0.39 is 0 Å². The molecule has 0 bridgehead atoms. The molecule has 0 heterocycles. The van der Waals surface area contributed by atoms with Crippen molar-refractivity contribution in [3.05, 3.63) is 0 Å². The topological polar surface area (TPSA) is 44.0 Å². The summed E-state index contributed by atoms with van der Waals surface area (Å²) in [5, 5.41) is 17.2. The van der Waals surface area contributed by atoms with E-state index in [2.05, 4.69) is 6.07 Å². The van der Waals surface area contributed by atoms with Gasteiger partial charge in [0.05, 0.1) is 11.5 Å². The van der Waals surface area contributed by atoms with Gasteiger partial charge in [0, 0.05) is 6.61 Å². The van der Waals surface area contributed by atoms with E-state index in [0.29, 0.717) is 6.42 Å². The van der Waals surface area contributed by atoms with Crippen LogP contribution in [0.25, 0.3) is 0 Å². The minimum Gasteiger partial charge on any atom is -0.396 e. The van der Waals surface area contributed by atoms with Crippen LogP contribution in [0, 0.1) is 16.7 Å². The lowest BCUT2D eigenvalue weighted by Gasteiger charge is -2.34. The molecule has 0 aromatic carbocycles. The van der Waals surface area contributed by atoms with Gasteiger partial charge in [0.2, 0.25) is 0 Å². The van der Waals surface area contributed by atoms with Gasteiger partial charge >= 0.3 is 0 Å². The highest BCUT2D eigenvalue weighted by atomic mass is 16.3. The van der Waals surface area contributed by atoms with Gasteiger partial charge in [0.1, 0.15) is 0 Å². The van der Waals surface area contributed by atoms with Crippen LogP contribution in [0.2, 0.25) is 0 Å². The fourth-order valence-electron chi connectivity index (χ4n) is 1.24. The number of hydrogen-bond donors (Lipinski definition) is 1. The van der Waals surface area contributed by atoms with Crippen molar-refractivity contribution in [2.45, 2.75) is 25.7 Å². The maximum atomic E-state index is 8.61. The van der Waals surface area contributed by atoms with E-state index in [1.165, 1.54) is 0 Å². The Morgan fingerprint density at radius 1 is 1.56 bits per heavy atom. The number of nitriles is 1. The third-order valence-corrected chi connectivity index (χ3v) is 2.14. The van der Waals surface area contributed by atoms with Gasteiger partial charge in [0.15, 0.2) is 0 Å². The van der Waals surface area contributed by atoms with Crippen LogP contribution in [-0.4, -0.2) is 11.7 Å². The van der Waals surface area contributed by atoms with Gasteiger partial charge < -0.3 is 5.11 Å². The third-order valence-electron chi connectivity index (χ3n) is 2.14. The molecule has 0 aliphatic heterocycles. The first kappa shape index (κ1) is 6.57. The molecule has 0 spiro atoms. The lowest BCUT2D eigenvalue weighted by atomic mass is 9.68. The largest absolute Gasteiger partial charge is 0.396 e. The van der Waals surface area contributed by atoms with Gasteiger partial charge in [-0.25, -0.2) is 0 Å². The van der Waals surface area contributed by atoms with Gasteiger partial charge in [-0.3, -0.25) is 0 Å². The highest BCUT2D eigenvalue weighted by molar-refractivity contribution is 5.04. The van der Waals surface area contributed by atoms with E-state index in [-0.39, 0.29) is 12.0 Å². The lowest BCUT2D eigenvalue weighted by molar-refractivity contribution is 0.147. The van der Waals surface area contributed by atoms with Crippen LogP contribution in [-0.2, 0) is 0 Å². The molecule has 0 aromatic heterocycles. The molecular weight excluding hydrogens is 114 g/mol. The van der Waals surface area contributed by atoms with Crippen LogP contribution < -0.4 is 0 Å². The van der Waals surface area contributed by atoms with Crippen molar-refractivity contribution >= 4 is 0 Å². The predicted molar refractivity (Wildman–Crippen MR) is 33.6 cm³/mol. The first-order chi connectivity index (χ1) is 4.33. The number of nitrogens with zero attached hydrogens (tertiary/aromatic N) is 1. The van der Waals surface area contributed by atoms with Gasteiger partial charge in [-0.1, -0.05) is 6.42 Å². The Morgan fingerprint density at radius 3 is 2.33 bits per heavy atom. The van der Waals surface area contributed by atoms with Crippen molar-refractivity contribution in [3.8, 4) is 6.07 Å². The normalized spacial score (nSPS) is 22.2. The standard InChI is InChI=1S/C7H11NO/c8-6-7(4-5-9)2-1-3-7/h9H,1-5H2. The van der Waals surface area contributed by atoms with Crippen molar-refractivity contribution < 1.29 is 5.11 Å². The Bertz CT molecular complexity index is 132. The summed E-state index contributed by atoms with van der Waals surface area (Å²) in [4.78, 5) is 0. The van der Waals surface area contributed by atoms with Crippen molar-refractivity contribution in [2.75, 3.05) is 6.61 Å². The highest BCUT2D eigenvalue weighted by Gasteiger charge is 2.36. The number of rotatable bonds is 2. The van der Waals surface area contributed by atoms with Gasteiger partial charge in [-0.15, -0.1) is 0 Å². The second-order valence-electron chi connectivity index (χ2n) is 2.72. The summed E-state index contributed by atoms with van der Waals surface area (Å²) < 4.78 is 0. The van der Waals surface area contributed by atoms with Crippen molar-refractivity contribution in [1.29, 1.82) is 5.26 Å². The van der Waals surface area contributed by atoms with E-state index in [4.69, 9.17) is 10.4 Å². The molecule has 0 amide bonds. The van der Waals surface area contributed by atoms with Crippen LogP contribution in [0.5, 0.6) is 0 Å². The minimum absolute atomic E-state index is 0.130. The molecule has 2 heteroatoms. The Morgan fingerprint density at radius 2 is 2.22 bits per heavy atom. The Hall–Kier alpha value is -0.550. The Kier molecular flexibility index (Phi) is 1.73. The molecule has 0 radical (unpaired) electrons. The van der Waals surface area contributed by atoms with Crippen LogP contribution in [0.1, 0.15) is 25.7 Å². The molecule has 1 aliphatic rings. The Balaban J connectivity index is 2.40. The molecular formula is C7H11NO. The van der Waals surface area contributed by atoms with E-state index in [9.17, 15) is 0 Å². The predicted octanol–water partition coefficient (Wildman–Crippen LogP) is 1.06. The fraction of sp³-hybridized carbons (Fsp3) is 0.857. The lowest BCUT2D eigenvalue weighted by Crippen LogP contribution is -2.28. The van der Waals surface area contributed by atoms with Crippen LogP contribution >= 0.6 is 0 Å². The average Bonchev–Trinajstić information content (AvgIpc) is 1.79. The molecule has 1 fully saturated rings. The number of hydrogen-bond acceptors (Lipinski definition) is 2. The first-order valence-corrected chi connectivity index (χ1v) is 3.35. The zero-order valence-electron chi connectivity index (χ0n) is 5.43. The molecule has 0 aromatic rings. The summed E-state index contributed by atoms with van der Waals surface area (Å²) in [6, 6.07) is 2.26. The number of aliphatic hydroxyl groups excluding tert-OH is 1. The molecule has 1 rings (SSSR count). The monoisotopic (exact) mass is 125 g/mol. The minimum atomic E-state index is -0.130. The second-order valence-corrected chi connectivity index (χ2v) is 2.72. The maximum absolute atomic E-state index is 8.61. The average molecular weight is 125 g/mol. The molecule has 0 saturated heterocycles. The van der Waals surface area contributed by atoms with Gasteiger partial charge in [-0.05, 0) is 19.3 Å². The van der Waals surface area contributed by atoms with Crippen molar-refractivity contribution in [3.63, 3.8) is 0 Å². The van der Waals surface area contributed by atoms with Gasteiger partial charge in [0.25, 0.3) is 0 Å². The van der Waals surface area contributed by atoms with Gasteiger partial charge in [-0.2, -0.15) is 5.26 Å². The van der Waals surface area contributed by atoms with E-state index in [0.717, 1.165) is 19.3 Å². The zero-order chi connectivity index (χ0) is 6.74. The van der Waals surface area contributed by atoms with Crippen molar-refractivity contribution in [2.24, 2.45) is 5.41 Å². The smallest absolute Gasteiger partial charge is 0.0690 e. The molecule has 1 saturated carbocycles. The van der Waals surface area contributed by atoms with Crippen LogP contribution in [0.3, 0.4) is 0 Å². The van der Waals surface area contributed by atoms with E-state index in [1.54, 1.807) is 0 Å². The molecule has 9 heavy (non-hydrogen) atoms. The third kappa shape index (κ3) is 1.06. The summed E-state index contributed by atoms with van der Waals surface area (Å²) >= 11 is 0. The van der Waals surface area contributed by atoms with E-state index >= 15 is 0 Å². The zero-order valence-corrected chi connectivity index (χ0v) is 5.43. The molecule has 1 N–H and O–H groups in total. The quantitative estimate of drug-likeness (QED) is 0.599. The molecule has 50 valence electrons. The molecule has 0 unspecified atom stereocenters. The van der Waals surface area contributed by atoms with Crippen LogP contribution in [0.4, 0.5) is 0 Å². The molecule has 0 atom stereocenters. The Labute approximate surface area is 55.1 Å². The second kappa shape index (κ2) is 2.36. The summed E-state index contributed by atoms with van der Waals surface area (Å²) in [7, 11) is 0. The summed E-state index contributed by atoms with van der Waals surface area (Å²) in [5.41, 5.74) is -0.130. The van der Waals surface area contributed by atoms with Crippen LogP contribution in [0.15, 0.2) is 0 Å². The summed E-state index contributed by atoms with van der Waals surface area (Å²) in [6.07, 6.45) is 3.81. The van der Waals surface area contributed by atoms with E-state index in [1.807, 2.05) is 0 Å². The highest BCUT2D eigenvalue weighted by Crippen LogP contribution is 2.42. The molecule has 2 nitrogen and oxygen atoms in total. The summed E-state index contributed by atoms with van der Waals surface area (Å²) in [6.45, 7) is 0.160. The SMILES string of the molecule is N#CC1(CCO)CCC1. The summed E-state index contributed by atoms with van der Waals surface area (Å²) in [5.74, 6) is 0. The number of aliphatic hydroxyl groups is 1. The molecule has 1 aliphatic carbocycles. The maximum Gasteiger partial charge on any atom is 0.0690 e. The fourth-order valence-corrected chi connectivity index (χ4v) is 1.24. The first-order valence-electron chi connectivity index (χ1n) is 3.35. The van der Waals surface area contributed by atoms with Crippen molar-refractivity contribution in [1.82, 2.24) is 0 Å².